The molecule has 2 aromatic carbocycles. The molecule has 7 heteroatoms. The van der Waals surface area contributed by atoms with Crippen molar-refractivity contribution in [3.05, 3.63) is 66.0 Å². The smallest absolute Gasteiger partial charge is 0.234 e. The van der Waals surface area contributed by atoms with Crippen LogP contribution in [0.1, 0.15) is 24.0 Å². The molecule has 3 aromatic rings. The lowest BCUT2D eigenvalue weighted by molar-refractivity contribution is -0.113. The van der Waals surface area contributed by atoms with Crippen molar-refractivity contribution in [1.29, 1.82) is 0 Å². The summed E-state index contributed by atoms with van der Waals surface area (Å²) >= 11 is 1.38. The van der Waals surface area contributed by atoms with Crippen molar-refractivity contribution in [2.75, 3.05) is 24.2 Å². The third-order valence-electron chi connectivity index (χ3n) is 5.07. The number of likely N-dealkylation sites (tertiary alicyclic amines) is 1. The summed E-state index contributed by atoms with van der Waals surface area (Å²) in [5, 5.41) is 11.8. The summed E-state index contributed by atoms with van der Waals surface area (Å²) in [6, 6.07) is 16.2. The molecule has 0 bridgehead atoms. The van der Waals surface area contributed by atoms with E-state index in [2.05, 4.69) is 32.5 Å². The van der Waals surface area contributed by atoms with Gasteiger partial charge in [0, 0.05) is 12.2 Å². The largest absolute Gasteiger partial charge is 0.325 e. The van der Waals surface area contributed by atoms with Gasteiger partial charge < -0.3 is 5.32 Å². The average molecular weight is 408 g/mol. The molecule has 4 rings (SSSR count). The normalized spacial score (nSPS) is 14.2. The molecule has 150 valence electrons. The first kappa shape index (κ1) is 19.7. The molecule has 0 aliphatic carbocycles. The molecule has 6 nitrogen and oxygen atoms in total. The van der Waals surface area contributed by atoms with Gasteiger partial charge in [-0.3, -0.25) is 14.3 Å². The second-order valence-corrected chi connectivity index (χ2v) is 8.23. The number of hydrogen-bond acceptors (Lipinski definition) is 5. The van der Waals surface area contributed by atoms with E-state index in [1.54, 1.807) is 6.33 Å². The zero-order chi connectivity index (χ0) is 20.1. The maximum absolute atomic E-state index is 12.4. The molecule has 0 radical (unpaired) electrons. The van der Waals surface area contributed by atoms with E-state index in [0.717, 1.165) is 23.5 Å². The Labute approximate surface area is 175 Å². The molecule has 1 amide bonds. The Hall–Kier alpha value is -2.64. The minimum Gasteiger partial charge on any atom is -0.325 e. The van der Waals surface area contributed by atoms with Gasteiger partial charge in [0.05, 0.1) is 11.4 Å². The van der Waals surface area contributed by atoms with Crippen LogP contribution in [-0.2, 0) is 11.3 Å². The maximum atomic E-state index is 12.4. The molecule has 0 atom stereocenters. The van der Waals surface area contributed by atoms with Gasteiger partial charge in [-0.1, -0.05) is 42.1 Å². The molecular formula is C22H25N5OS. The molecule has 1 aliphatic rings. The van der Waals surface area contributed by atoms with E-state index in [9.17, 15) is 4.79 Å². The lowest BCUT2D eigenvalue weighted by atomic mass is 10.2. The van der Waals surface area contributed by atoms with Crippen LogP contribution in [0, 0.1) is 6.92 Å². The average Bonchev–Trinajstić information content (AvgIpc) is 3.40. The quantitative estimate of drug-likeness (QED) is 0.602. The highest BCUT2D eigenvalue weighted by Crippen LogP contribution is 2.22. The van der Waals surface area contributed by atoms with Gasteiger partial charge in [-0.2, -0.15) is 0 Å². The summed E-state index contributed by atoms with van der Waals surface area (Å²) in [5.41, 5.74) is 4.26. The van der Waals surface area contributed by atoms with Crippen LogP contribution in [0.3, 0.4) is 0 Å². The summed E-state index contributed by atoms with van der Waals surface area (Å²) in [4.78, 5) is 14.9. The predicted molar refractivity (Wildman–Crippen MR) is 116 cm³/mol. The fourth-order valence-electron chi connectivity index (χ4n) is 3.54. The Morgan fingerprint density at radius 3 is 2.62 bits per heavy atom. The second-order valence-electron chi connectivity index (χ2n) is 7.29. The Morgan fingerprint density at radius 2 is 1.86 bits per heavy atom. The van der Waals surface area contributed by atoms with Crippen molar-refractivity contribution in [1.82, 2.24) is 19.7 Å². The number of para-hydroxylation sites is 1. The van der Waals surface area contributed by atoms with Gasteiger partial charge in [-0.25, -0.2) is 0 Å². The molecule has 0 unspecified atom stereocenters. The molecule has 1 N–H and O–H groups in total. The second kappa shape index (κ2) is 9.24. The zero-order valence-electron chi connectivity index (χ0n) is 16.5. The van der Waals surface area contributed by atoms with E-state index in [-0.39, 0.29) is 11.7 Å². The van der Waals surface area contributed by atoms with E-state index in [4.69, 9.17) is 0 Å². The molecule has 1 fully saturated rings. The fourth-order valence-corrected chi connectivity index (χ4v) is 4.26. The number of amides is 1. The van der Waals surface area contributed by atoms with Gasteiger partial charge in [-0.05, 0) is 62.2 Å². The van der Waals surface area contributed by atoms with E-state index in [1.165, 1.54) is 43.3 Å². The van der Waals surface area contributed by atoms with Crippen LogP contribution in [0.4, 0.5) is 5.69 Å². The van der Waals surface area contributed by atoms with Gasteiger partial charge in [0.2, 0.25) is 5.91 Å². The van der Waals surface area contributed by atoms with Crippen molar-refractivity contribution in [2.45, 2.75) is 31.5 Å². The Balaban J connectivity index is 1.32. The number of carbonyl (C=O) groups is 1. The maximum Gasteiger partial charge on any atom is 0.234 e. The van der Waals surface area contributed by atoms with Crippen molar-refractivity contribution in [3.63, 3.8) is 0 Å². The molecule has 0 saturated carbocycles. The summed E-state index contributed by atoms with van der Waals surface area (Å²) in [7, 11) is 0. The van der Waals surface area contributed by atoms with Crippen LogP contribution in [-0.4, -0.2) is 44.4 Å². The van der Waals surface area contributed by atoms with Crippen molar-refractivity contribution < 1.29 is 4.79 Å². The van der Waals surface area contributed by atoms with Crippen LogP contribution in [0.15, 0.2) is 60.0 Å². The molecular weight excluding hydrogens is 382 g/mol. The SMILES string of the molecule is Cc1ccccc1-n1cnnc1SCC(=O)Nc1ccc(CN2CCCC2)cc1. The number of nitrogens with one attached hydrogen (secondary N) is 1. The van der Waals surface area contributed by atoms with E-state index in [0.29, 0.717) is 5.16 Å². The highest BCUT2D eigenvalue weighted by Gasteiger charge is 2.13. The minimum atomic E-state index is -0.0540. The highest BCUT2D eigenvalue weighted by molar-refractivity contribution is 7.99. The third kappa shape index (κ3) is 5.05. The molecule has 0 spiro atoms. The number of rotatable bonds is 7. The van der Waals surface area contributed by atoms with Crippen molar-refractivity contribution in [3.8, 4) is 5.69 Å². The first-order valence-corrected chi connectivity index (χ1v) is 10.9. The van der Waals surface area contributed by atoms with Gasteiger partial charge in [0.15, 0.2) is 5.16 Å². The summed E-state index contributed by atoms with van der Waals surface area (Å²) in [5.74, 6) is 0.224. The summed E-state index contributed by atoms with van der Waals surface area (Å²) in [6.45, 7) is 5.40. The van der Waals surface area contributed by atoms with Crippen LogP contribution in [0.5, 0.6) is 0 Å². The topological polar surface area (TPSA) is 63.1 Å². The lowest BCUT2D eigenvalue weighted by Crippen LogP contribution is -2.18. The standard InChI is InChI=1S/C22H25N5OS/c1-17-6-2-3-7-20(17)27-16-23-25-22(27)29-15-21(28)24-19-10-8-18(9-11-19)14-26-12-4-5-13-26/h2-3,6-11,16H,4-5,12-15H2,1H3,(H,24,28). The molecule has 1 saturated heterocycles. The molecule has 29 heavy (non-hydrogen) atoms. The number of carbonyl (C=O) groups excluding carboxylic acids is 1. The van der Waals surface area contributed by atoms with Crippen molar-refractivity contribution >= 4 is 23.4 Å². The number of benzene rings is 2. The number of aromatic nitrogens is 3. The molecule has 1 aromatic heterocycles. The highest BCUT2D eigenvalue weighted by atomic mass is 32.2. The van der Waals surface area contributed by atoms with E-state index >= 15 is 0 Å². The van der Waals surface area contributed by atoms with Crippen LogP contribution in [0.2, 0.25) is 0 Å². The van der Waals surface area contributed by atoms with Crippen LogP contribution in [0.25, 0.3) is 5.69 Å². The van der Waals surface area contributed by atoms with Crippen LogP contribution < -0.4 is 5.32 Å². The molecule has 1 aliphatic heterocycles. The number of anilines is 1. The zero-order valence-corrected chi connectivity index (χ0v) is 17.4. The Bertz CT molecular complexity index is 963. The van der Waals surface area contributed by atoms with Crippen molar-refractivity contribution in [2.24, 2.45) is 0 Å². The monoisotopic (exact) mass is 407 g/mol. The molecule has 2 heterocycles. The minimum absolute atomic E-state index is 0.0540. The van der Waals surface area contributed by atoms with E-state index in [1.807, 2.05) is 47.9 Å². The Kier molecular flexibility index (Phi) is 6.27. The summed E-state index contributed by atoms with van der Waals surface area (Å²) < 4.78 is 1.92. The predicted octanol–water partition coefficient (Wildman–Crippen LogP) is 3.90. The van der Waals surface area contributed by atoms with Gasteiger partial charge >= 0.3 is 0 Å². The Morgan fingerprint density at radius 1 is 1.10 bits per heavy atom. The number of aryl methyl sites for hydroxylation is 1. The fraction of sp³-hybridized carbons (Fsp3) is 0.318. The van der Waals surface area contributed by atoms with Crippen LogP contribution >= 0.6 is 11.8 Å². The lowest BCUT2D eigenvalue weighted by Gasteiger charge is -2.14. The number of hydrogen-bond donors (Lipinski definition) is 1. The van der Waals surface area contributed by atoms with E-state index < -0.39 is 0 Å². The van der Waals surface area contributed by atoms with Gasteiger partial charge in [-0.15, -0.1) is 10.2 Å². The van der Waals surface area contributed by atoms with Gasteiger partial charge in [0.1, 0.15) is 6.33 Å². The first-order valence-electron chi connectivity index (χ1n) is 9.89. The third-order valence-corrected chi connectivity index (χ3v) is 6.01. The first-order chi connectivity index (χ1) is 14.2. The summed E-state index contributed by atoms with van der Waals surface area (Å²) in [6.07, 6.45) is 4.27. The number of nitrogens with zero attached hydrogens (tertiary/aromatic N) is 4. The number of thioether (sulfide) groups is 1. The van der Waals surface area contributed by atoms with Gasteiger partial charge in [0.25, 0.3) is 0 Å².